The summed E-state index contributed by atoms with van der Waals surface area (Å²) in [5.41, 5.74) is 8.46. The summed E-state index contributed by atoms with van der Waals surface area (Å²) in [4.78, 5) is 6.91. The number of rotatable bonds is 3. The highest BCUT2D eigenvalue weighted by atomic mass is 16.5. The molecule has 2 unspecified atom stereocenters. The van der Waals surface area contributed by atoms with Gasteiger partial charge in [0.2, 0.25) is 0 Å². The molecule has 0 N–H and O–H groups in total. The molecule has 3 aromatic rings. The number of fused-ring (bicyclic) bond motifs is 1. The number of anilines is 1. The predicted molar refractivity (Wildman–Crippen MR) is 144 cm³/mol. The monoisotopic (exact) mass is 471 g/mol. The number of nitriles is 1. The van der Waals surface area contributed by atoms with E-state index < -0.39 is 0 Å². The Morgan fingerprint density at radius 1 is 0.944 bits per heavy atom. The third-order valence-corrected chi connectivity index (χ3v) is 7.72. The zero-order valence-corrected chi connectivity index (χ0v) is 20.7. The summed E-state index contributed by atoms with van der Waals surface area (Å²) in [5, 5.41) is 9.45. The third-order valence-electron chi connectivity index (χ3n) is 7.72. The van der Waals surface area contributed by atoms with Crippen molar-refractivity contribution in [2.45, 2.75) is 39.5 Å². The van der Waals surface area contributed by atoms with E-state index in [1.54, 1.807) is 12.3 Å². The van der Waals surface area contributed by atoms with Crippen LogP contribution in [0.5, 0.6) is 5.75 Å². The number of hydrogen-bond acceptors (Lipinski definition) is 4. The SMILES string of the molecule is CC1CC2=C(CC1C)N(C1=CC(c3ccc(-c4ncccc4C#N)cc3)=CCC1)c1ccccc1O2. The Morgan fingerprint density at radius 3 is 2.56 bits per heavy atom. The van der Waals surface area contributed by atoms with Crippen molar-refractivity contribution in [3.05, 3.63) is 107 Å². The molecule has 36 heavy (non-hydrogen) atoms. The second-order valence-electron chi connectivity index (χ2n) is 10.1. The maximum atomic E-state index is 9.45. The van der Waals surface area contributed by atoms with E-state index in [0.29, 0.717) is 17.4 Å². The van der Waals surface area contributed by atoms with Crippen LogP contribution in [0.25, 0.3) is 16.8 Å². The van der Waals surface area contributed by atoms with Crippen LogP contribution in [0.1, 0.15) is 50.7 Å². The topological polar surface area (TPSA) is 49.2 Å². The summed E-state index contributed by atoms with van der Waals surface area (Å²) in [6.07, 6.45) is 10.4. The van der Waals surface area contributed by atoms with E-state index in [0.717, 1.165) is 54.1 Å². The summed E-state index contributed by atoms with van der Waals surface area (Å²) >= 11 is 0. The fraction of sp³-hybridized carbons (Fsp3) is 0.250. The molecule has 2 heterocycles. The Kier molecular flexibility index (Phi) is 5.70. The number of allylic oxidation sites excluding steroid dienone is 6. The smallest absolute Gasteiger partial charge is 0.151 e. The van der Waals surface area contributed by atoms with Crippen molar-refractivity contribution in [2.24, 2.45) is 11.8 Å². The van der Waals surface area contributed by atoms with Crippen LogP contribution in [0, 0.1) is 23.2 Å². The molecule has 0 spiro atoms. The number of para-hydroxylation sites is 2. The Bertz CT molecular complexity index is 1460. The first-order valence-corrected chi connectivity index (χ1v) is 12.8. The van der Waals surface area contributed by atoms with Crippen molar-refractivity contribution < 1.29 is 4.74 Å². The van der Waals surface area contributed by atoms with Gasteiger partial charge in [-0.2, -0.15) is 5.26 Å². The van der Waals surface area contributed by atoms with Gasteiger partial charge in [-0.25, -0.2) is 0 Å². The van der Waals surface area contributed by atoms with Gasteiger partial charge in [-0.3, -0.25) is 4.98 Å². The quantitative estimate of drug-likeness (QED) is 0.390. The highest BCUT2D eigenvalue weighted by Crippen LogP contribution is 2.48. The van der Waals surface area contributed by atoms with Gasteiger partial charge >= 0.3 is 0 Å². The van der Waals surface area contributed by atoms with E-state index in [4.69, 9.17) is 4.74 Å². The fourth-order valence-corrected chi connectivity index (χ4v) is 5.49. The van der Waals surface area contributed by atoms with Gasteiger partial charge in [-0.05, 0) is 72.6 Å². The van der Waals surface area contributed by atoms with Gasteiger partial charge in [0.05, 0.1) is 22.6 Å². The van der Waals surface area contributed by atoms with Crippen LogP contribution in [-0.2, 0) is 0 Å². The van der Waals surface area contributed by atoms with Crippen LogP contribution in [0.3, 0.4) is 0 Å². The molecule has 0 saturated heterocycles. The first kappa shape index (κ1) is 22.4. The largest absolute Gasteiger partial charge is 0.458 e. The minimum absolute atomic E-state index is 0.593. The van der Waals surface area contributed by atoms with Gasteiger partial charge in [0, 0.05) is 23.9 Å². The molecule has 1 aromatic heterocycles. The maximum absolute atomic E-state index is 9.45. The van der Waals surface area contributed by atoms with Crippen LogP contribution in [0.4, 0.5) is 5.69 Å². The summed E-state index contributed by atoms with van der Waals surface area (Å²) < 4.78 is 6.43. The number of benzene rings is 2. The van der Waals surface area contributed by atoms with E-state index >= 15 is 0 Å². The zero-order valence-electron chi connectivity index (χ0n) is 20.7. The Morgan fingerprint density at radius 2 is 1.72 bits per heavy atom. The van der Waals surface area contributed by atoms with E-state index in [-0.39, 0.29) is 0 Å². The molecule has 2 aliphatic carbocycles. The standard InChI is InChI=1S/C32H29N3O/c1-21-17-29-31(18-22(21)2)36-30-11-4-3-10-28(30)35(29)27-9-5-7-25(19-27)23-12-14-24(15-13-23)32-26(20-33)8-6-16-34-32/h3-4,6-8,10-16,19,21-22H,5,9,17-18H2,1-2H3. The van der Waals surface area contributed by atoms with Crippen molar-refractivity contribution in [3.63, 3.8) is 0 Å². The highest BCUT2D eigenvalue weighted by molar-refractivity contribution is 5.80. The van der Waals surface area contributed by atoms with Crippen molar-refractivity contribution >= 4 is 11.3 Å². The second-order valence-corrected chi connectivity index (χ2v) is 10.1. The Balaban J connectivity index is 1.36. The predicted octanol–water partition coefficient (Wildman–Crippen LogP) is 7.86. The lowest BCUT2D eigenvalue weighted by Crippen LogP contribution is -2.34. The fourth-order valence-electron chi connectivity index (χ4n) is 5.49. The van der Waals surface area contributed by atoms with Crippen molar-refractivity contribution in [3.8, 4) is 23.1 Å². The first-order valence-electron chi connectivity index (χ1n) is 12.8. The van der Waals surface area contributed by atoms with E-state index in [9.17, 15) is 5.26 Å². The minimum atomic E-state index is 0.593. The van der Waals surface area contributed by atoms with E-state index in [1.807, 2.05) is 6.07 Å². The zero-order chi connectivity index (χ0) is 24.6. The molecule has 0 bridgehead atoms. The summed E-state index contributed by atoms with van der Waals surface area (Å²) in [7, 11) is 0. The molecule has 0 saturated carbocycles. The number of nitrogens with zero attached hydrogens (tertiary/aromatic N) is 3. The summed E-state index contributed by atoms with van der Waals surface area (Å²) in [5.74, 6) is 3.31. The Hall–Kier alpha value is -4.10. The van der Waals surface area contributed by atoms with Crippen molar-refractivity contribution in [1.29, 1.82) is 5.26 Å². The van der Waals surface area contributed by atoms with Gasteiger partial charge in [-0.1, -0.05) is 56.3 Å². The van der Waals surface area contributed by atoms with Crippen LogP contribution in [0.2, 0.25) is 0 Å². The molecular formula is C32H29N3O. The van der Waals surface area contributed by atoms with Crippen LogP contribution < -0.4 is 9.64 Å². The molecule has 6 rings (SSSR count). The highest BCUT2D eigenvalue weighted by Gasteiger charge is 2.35. The Labute approximate surface area is 212 Å². The molecule has 0 fully saturated rings. The van der Waals surface area contributed by atoms with Gasteiger partial charge in [0.1, 0.15) is 11.8 Å². The third kappa shape index (κ3) is 3.91. The minimum Gasteiger partial charge on any atom is -0.458 e. The molecule has 4 nitrogen and oxygen atoms in total. The molecule has 178 valence electrons. The lowest BCUT2D eigenvalue weighted by molar-refractivity contribution is 0.273. The van der Waals surface area contributed by atoms with E-state index in [1.165, 1.54) is 22.5 Å². The second kappa shape index (κ2) is 9.17. The van der Waals surface area contributed by atoms with Gasteiger partial charge < -0.3 is 9.64 Å². The maximum Gasteiger partial charge on any atom is 0.151 e. The molecule has 3 aliphatic rings. The average molecular weight is 472 g/mol. The van der Waals surface area contributed by atoms with Crippen molar-refractivity contribution in [2.75, 3.05) is 4.90 Å². The lowest BCUT2D eigenvalue weighted by atomic mass is 9.81. The number of pyridine rings is 1. The van der Waals surface area contributed by atoms with E-state index in [2.05, 4.69) is 90.5 Å². The van der Waals surface area contributed by atoms with Gasteiger partial charge in [0.25, 0.3) is 0 Å². The molecule has 0 radical (unpaired) electrons. The summed E-state index contributed by atoms with van der Waals surface area (Å²) in [6, 6.07) is 22.7. The number of ether oxygens (including phenoxy) is 1. The van der Waals surface area contributed by atoms with Gasteiger partial charge in [0.15, 0.2) is 5.75 Å². The molecule has 2 aromatic carbocycles. The molecule has 2 atom stereocenters. The number of hydrogen-bond donors (Lipinski definition) is 0. The van der Waals surface area contributed by atoms with Crippen LogP contribution >= 0.6 is 0 Å². The first-order chi connectivity index (χ1) is 17.6. The van der Waals surface area contributed by atoms with Crippen LogP contribution in [-0.4, -0.2) is 4.98 Å². The molecular weight excluding hydrogens is 442 g/mol. The number of aromatic nitrogens is 1. The molecule has 4 heteroatoms. The van der Waals surface area contributed by atoms with Crippen LogP contribution in [0.15, 0.2) is 96.2 Å². The normalized spacial score (nSPS) is 21.0. The average Bonchev–Trinajstić information content (AvgIpc) is 2.93. The summed E-state index contributed by atoms with van der Waals surface area (Å²) in [6.45, 7) is 4.69. The molecule has 1 aliphatic heterocycles. The molecule has 0 amide bonds. The van der Waals surface area contributed by atoms with Gasteiger partial charge in [-0.15, -0.1) is 0 Å². The van der Waals surface area contributed by atoms with Crippen molar-refractivity contribution in [1.82, 2.24) is 4.98 Å². The lowest BCUT2D eigenvalue weighted by Gasteiger charge is -2.42.